The zero-order valence-corrected chi connectivity index (χ0v) is 11.6. The standard InChI is InChI=1S/C14H24N4O/c1-2-3-4-5-6-7-10-16-14(19)12-8-9-13(18-15)17-11-12/h8-9,11H,2-7,10,15H2,1H3,(H,16,19)(H,17,18). The molecule has 5 heteroatoms. The van der Waals surface area contributed by atoms with Crippen molar-refractivity contribution in [2.45, 2.75) is 45.4 Å². The molecule has 1 aromatic rings. The lowest BCUT2D eigenvalue weighted by atomic mass is 10.1. The van der Waals surface area contributed by atoms with Gasteiger partial charge in [0.25, 0.3) is 5.91 Å². The summed E-state index contributed by atoms with van der Waals surface area (Å²) in [5.41, 5.74) is 2.99. The Kier molecular flexibility index (Phi) is 7.58. The van der Waals surface area contributed by atoms with Crippen molar-refractivity contribution in [2.75, 3.05) is 12.0 Å². The number of carbonyl (C=O) groups is 1. The summed E-state index contributed by atoms with van der Waals surface area (Å²) < 4.78 is 0. The lowest BCUT2D eigenvalue weighted by Gasteiger charge is -2.05. The molecule has 0 bridgehead atoms. The van der Waals surface area contributed by atoms with Crippen LogP contribution in [0.25, 0.3) is 0 Å². The molecule has 0 radical (unpaired) electrons. The van der Waals surface area contributed by atoms with E-state index in [1.807, 2.05) is 0 Å². The average molecular weight is 264 g/mol. The van der Waals surface area contributed by atoms with E-state index in [2.05, 4.69) is 22.7 Å². The van der Waals surface area contributed by atoms with E-state index >= 15 is 0 Å². The Bertz CT molecular complexity index is 364. The van der Waals surface area contributed by atoms with E-state index in [-0.39, 0.29) is 5.91 Å². The summed E-state index contributed by atoms with van der Waals surface area (Å²) in [5.74, 6) is 5.68. The third-order valence-corrected chi connectivity index (χ3v) is 2.99. The van der Waals surface area contributed by atoms with Gasteiger partial charge in [-0.2, -0.15) is 0 Å². The number of carbonyl (C=O) groups excluding carboxylic acids is 1. The zero-order chi connectivity index (χ0) is 13.9. The number of nitrogens with one attached hydrogen (secondary N) is 2. The van der Waals surface area contributed by atoms with Gasteiger partial charge < -0.3 is 10.7 Å². The van der Waals surface area contributed by atoms with Crippen LogP contribution >= 0.6 is 0 Å². The molecule has 4 N–H and O–H groups in total. The summed E-state index contributed by atoms with van der Waals surface area (Å²) >= 11 is 0. The van der Waals surface area contributed by atoms with Crippen LogP contribution in [0.15, 0.2) is 18.3 Å². The molecule has 0 saturated carbocycles. The summed E-state index contributed by atoms with van der Waals surface area (Å²) in [6, 6.07) is 3.39. The topological polar surface area (TPSA) is 80.0 Å². The molecule has 1 heterocycles. The summed E-state index contributed by atoms with van der Waals surface area (Å²) in [5, 5.41) is 2.90. The van der Waals surface area contributed by atoms with Crippen molar-refractivity contribution in [1.29, 1.82) is 0 Å². The quantitative estimate of drug-likeness (QED) is 0.363. The normalized spacial score (nSPS) is 10.2. The van der Waals surface area contributed by atoms with Gasteiger partial charge in [0, 0.05) is 12.7 Å². The Balaban J connectivity index is 2.16. The molecule has 0 atom stereocenters. The Morgan fingerprint density at radius 1 is 1.21 bits per heavy atom. The first kappa shape index (κ1) is 15.4. The number of hydrogen-bond donors (Lipinski definition) is 3. The minimum Gasteiger partial charge on any atom is -0.352 e. The number of rotatable bonds is 9. The van der Waals surface area contributed by atoms with E-state index in [4.69, 9.17) is 5.84 Å². The number of nitrogens with two attached hydrogens (primary N) is 1. The number of nitrogen functional groups attached to an aromatic ring is 1. The second-order valence-electron chi connectivity index (χ2n) is 4.60. The Labute approximate surface area is 115 Å². The Hall–Kier alpha value is -1.62. The number of aromatic nitrogens is 1. The molecule has 0 aliphatic rings. The van der Waals surface area contributed by atoms with Gasteiger partial charge in [-0.05, 0) is 18.6 Å². The van der Waals surface area contributed by atoms with Gasteiger partial charge >= 0.3 is 0 Å². The highest BCUT2D eigenvalue weighted by Crippen LogP contribution is 2.05. The van der Waals surface area contributed by atoms with Gasteiger partial charge in [0.2, 0.25) is 0 Å². The van der Waals surface area contributed by atoms with Crippen LogP contribution in [-0.4, -0.2) is 17.4 Å². The number of anilines is 1. The summed E-state index contributed by atoms with van der Waals surface area (Å²) in [6.45, 7) is 2.93. The number of hydrazine groups is 1. The molecular formula is C14H24N4O. The van der Waals surface area contributed by atoms with Crippen LogP contribution < -0.4 is 16.6 Å². The molecule has 0 aromatic carbocycles. The van der Waals surface area contributed by atoms with E-state index in [1.165, 1.54) is 38.3 Å². The predicted molar refractivity (Wildman–Crippen MR) is 77.8 cm³/mol. The highest BCUT2D eigenvalue weighted by Gasteiger charge is 2.04. The van der Waals surface area contributed by atoms with Crippen molar-refractivity contribution in [3.63, 3.8) is 0 Å². The largest absolute Gasteiger partial charge is 0.352 e. The molecule has 0 aliphatic heterocycles. The Morgan fingerprint density at radius 2 is 1.95 bits per heavy atom. The maximum absolute atomic E-state index is 11.8. The van der Waals surface area contributed by atoms with Gasteiger partial charge in [0.1, 0.15) is 5.82 Å². The number of unbranched alkanes of at least 4 members (excludes halogenated alkanes) is 5. The fourth-order valence-corrected chi connectivity index (χ4v) is 1.82. The van der Waals surface area contributed by atoms with E-state index < -0.39 is 0 Å². The molecule has 0 unspecified atom stereocenters. The van der Waals surface area contributed by atoms with Crippen LogP contribution in [0.3, 0.4) is 0 Å². The van der Waals surface area contributed by atoms with Crippen LogP contribution in [0.4, 0.5) is 5.82 Å². The van der Waals surface area contributed by atoms with Crippen LogP contribution in [0.2, 0.25) is 0 Å². The third kappa shape index (κ3) is 6.20. The Morgan fingerprint density at radius 3 is 2.58 bits per heavy atom. The van der Waals surface area contributed by atoms with Crippen molar-refractivity contribution >= 4 is 11.7 Å². The molecule has 0 saturated heterocycles. The smallest absolute Gasteiger partial charge is 0.252 e. The first-order valence-corrected chi connectivity index (χ1v) is 6.98. The molecule has 106 valence electrons. The number of nitrogens with zero attached hydrogens (tertiary/aromatic N) is 1. The predicted octanol–water partition coefficient (Wildman–Crippen LogP) is 2.46. The van der Waals surface area contributed by atoms with Crippen molar-refractivity contribution in [3.05, 3.63) is 23.9 Å². The van der Waals surface area contributed by atoms with Crippen LogP contribution in [0.1, 0.15) is 55.8 Å². The van der Waals surface area contributed by atoms with Crippen LogP contribution in [0, 0.1) is 0 Å². The molecule has 19 heavy (non-hydrogen) atoms. The van der Waals surface area contributed by atoms with Gasteiger partial charge in [-0.25, -0.2) is 10.8 Å². The third-order valence-electron chi connectivity index (χ3n) is 2.99. The number of hydrogen-bond acceptors (Lipinski definition) is 4. The van der Waals surface area contributed by atoms with Gasteiger partial charge in [-0.1, -0.05) is 39.0 Å². The summed E-state index contributed by atoms with van der Waals surface area (Å²) in [7, 11) is 0. The maximum Gasteiger partial charge on any atom is 0.252 e. The average Bonchev–Trinajstić information content (AvgIpc) is 2.46. The number of amides is 1. The second-order valence-corrected chi connectivity index (χ2v) is 4.60. The maximum atomic E-state index is 11.8. The summed E-state index contributed by atoms with van der Waals surface area (Å²) in [6.07, 6.45) is 8.84. The molecule has 0 fully saturated rings. The SMILES string of the molecule is CCCCCCCCNC(=O)c1ccc(NN)nc1. The monoisotopic (exact) mass is 264 g/mol. The first-order valence-electron chi connectivity index (χ1n) is 6.98. The highest BCUT2D eigenvalue weighted by atomic mass is 16.1. The van der Waals surface area contributed by atoms with Gasteiger partial charge in [-0.15, -0.1) is 0 Å². The molecular weight excluding hydrogens is 240 g/mol. The summed E-state index contributed by atoms with van der Waals surface area (Å²) in [4.78, 5) is 15.8. The molecule has 0 aliphatic carbocycles. The number of pyridine rings is 1. The van der Waals surface area contributed by atoms with E-state index in [9.17, 15) is 4.79 Å². The first-order chi connectivity index (χ1) is 9.27. The van der Waals surface area contributed by atoms with Crippen molar-refractivity contribution in [1.82, 2.24) is 10.3 Å². The fourth-order valence-electron chi connectivity index (χ4n) is 1.82. The van der Waals surface area contributed by atoms with E-state index in [0.29, 0.717) is 11.4 Å². The van der Waals surface area contributed by atoms with Gasteiger partial charge in [-0.3, -0.25) is 4.79 Å². The van der Waals surface area contributed by atoms with Crippen LogP contribution in [0.5, 0.6) is 0 Å². The van der Waals surface area contributed by atoms with Crippen molar-refractivity contribution in [3.8, 4) is 0 Å². The van der Waals surface area contributed by atoms with Crippen LogP contribution in [-0.2, 0) is 0 Å². The lowest BCUT2D eigenvalue weighted by molar-refractivity contribution is 0.0952. The van der Waals surface area contributed by atoms with E-state index in [0.717, 1.165) is 13.0 Å². The van der Waals surface area contributed by atoms with Crippen molar-refractivity contribution in [2.24, 2.45) is 5.84 Å². The fraction of sp³-hybridized carbons (Fsp3) is 0.571. The lowest BCUT2D eigenvalue weighted by Crippen LogP contribution is -2.24. The molecule has 0 spiro atoms. The zero-order valence-electron chi connectivity index (χ0n) is 11.6. The molecule has 5 nitrogen and oxygen atoms in total. The van der Waals surface area contributed by atoms with Gasteiger partial charge in [0.05, 0.1) is 5.56 Å². The highest BCUT2D eigenvalue weighted by molar-refractivity contribution is 5.93. The van der Waals surface area contributed by atoms with Crippen molar-refractivity contribution < 1.29 is 4.79 Å². The minimum atomic E-state index is -0.0790. The van der Waals surface area contributed by atoms with E-state index in [1.54, 1.807) is 12.1 Å². The van der Waals surface area contributed by atoms with Gasteiger partial charge in [0.15, 0.2) is 0 Å². The minimum absolute atomic E-state index is 0.0790. The molecule has 1 amide bonds. The molecule has 1 aromatic heterocycles. The second kappa shape index (κ2) is 9.33. The molecule has 1 rings (SSSR count).